The van der Waals surface area contributed by atoms with Crippen LogP contribution in [0.3, 0.4) is 0 Å². The quantitative estimate of drug-likeness (QED) is 0.785. The number of nitrogens with zero attached hydrogens (tertiary/aromatic N) is 3. The van der Waals surface area contributed by atoms with E-state index in [0.29, 0.717) is 35.9 Å². The predicted molar refractivity (Wildman–Crippen MR) is 103 cm³/mol. The highest BCUT2D eigenvalue weighted by molar-refractivity contribution is 6.03. The van der Waals surface area contributed by atoms with Crippen LogP contribution in [0.5, 0.6) is 0 Å². The van der Waals surface area contributed by atoms with Crippen LogP contribution in [0.2, 0.25) is 0 Å². The summed E-state index contributed by atoms with van der Waals surface area (Å²) >= 11 is 0. The molecule has 0 saturated carbocycles. The summed E-state index contributed by atoms with van der Waals surface area (Å²) in [5, 5.41) is 2.74. The Balaban J connectivity index is 1.67. The number of fused-ring (bicyclic) bond motifs is 1. The fourth-order valence-corrected chi connectivity index (χ4v) is 3.03. The Hall–Kier alpha value is -3.16. The standard InChI is InChI=1S/C19H23N5O3/c1-12-5-4-6-13(9-12)20-16(25)10-17(26)24-8-7-14-15(11-24)21-19(23(2)3)22-18(14)27/h4-6,9H,7-8,10-11H2,1-3H3,(H,20,25)(H,21,22,27). The fourth-order valence-electron chi connectivity index (χ4n) is 3.03. The molecule has 8 heteroatoms. The highest BCUT2D eigenvalue weighted by atomic mass is 16.2. The minimum absolute atomic E-state index is 0.173. The lowest BCUT2D eigenvalue weighted by molar-refractivity contribution is -0.135. The topological polar surface area (TPSA) is 98.4 Å². The molecule has 0 unspecified atom stereocenters. The number of aromatic amines is 1. The Morgan fingerprint density at radius 2 is 2.11 bits per heavy atom. The van der Waals surface area contributed by atoms with Gasteiger partial charge in [-0.25, -0.2) is 4.98 Å². The van der Waals surface area contributed by atoms with Crippen molar-refractivity contribution in [2.24, 2.45) is 0 Å². The maximum atomic E-state index is 12.5. The molecule has 0 atom stereocenters. The second-order valence-corrected chi connectivity index (χ2v) is 6.87. The molecule has 1 aromatic carbocycles. The Morgan fingerprint density at radius 3 is 2.81 bits per heavy atom. The molecule has 2 N–H and O–H groups in total. The van der Waals surface area contributed by atoms with Crippen molar-refractivity contribution >= 4 is 23.5 Å². The van der Waals surface area contributed by atoms with Gasteiger partial charge in [0, 0.05) is 31.9 Å². The smallest absolute Gasteiger partial charge is 0.255 e. The van der Waals surface area contributed by atoms with Crippen molar-refractivity contribution in [2.45, 2.75) is 26.3 Å². The van der Waals surface area contributed by atoms with Gasteiger partial charge in [0.05, 0.1) is 12.2 Å². The molecular weight excluding hydrogens is 346 g/mol. The van der Waals surface area contributed by atoms with Crippen LogP contribution < -0.4 is 15.8 Å². The lowest BCUT2D eigenvalue weighted by Gasteiger charge is -2.28. The summed E-state index contributed by atoms with van der Waals surface area (Å²) in [4.78, 5) is 47.3. The molecule has 27 heavy (non-hydrogen) atoms. The third kappa shape index (κ3) is 4.33. The molecule has 0 saturated heterocycles. The van der Waals surface area contributed by atoms with E-state index in [9.17, 15) is 14.4 Å². The summed E-state index contributed by atoms with van der Waals surface area (Å²) in [6.45, 7) is 2.56. The normalized spacial score (nSPS) is 13.1. The third-order valence-electron chi connectivity index (χ3n) is 4.45. The zero-order valence-corrected chi connectivity index (χ0v) is 15.7. The number of hydrogen-bond acceptors (Lipinski definition) is 5. The fraction of sp³-hybridized carbons (Fsp3) is 0.368. The highest BCUT2D eigenvalue weighted by Gasteiger charge is 2.25. The first-order chi connectivity index (χ1) is 12.8. The number of aromatic nitrogens is 2. The first-order valence-corrected chi connectivity index (χ1v) is 8.77. The van der Waals surface area contributed by atoms with Crippen molar-refractivity contribution in [2.75, 3.05) is 30.9 Å². The number of amides is 2. The zero-order valence-electron chi connectivity index (χ0n) is 15.7. The van der Waals surface area contributed by atoms with Gasteiger partial charge in [0.2, 0.25) is 17.8 Å². The molecule has 0 radical (unpaired) electrons. The van der Waals surface area contributed by atoms with Gasteiger partial charge in [-0.2, -0.15) is 0 Å². The van der Waals surface area contributed by atoms with E-state index in [1.807, 2.05) is 25.1 Å². The summed E-state index contributed by atoms with van der Waals surface area (Å²) < 4.78 is 0. The minimum atomic E-state index is -0.357. The Kier molecular flexibility index (Phi) is 5.25. The van der Waals surface area contributed by atoms with Gasteiger partial charge in [0.1, 0.15) is 6.42 Å². The molecule has 142 valence electrons. The molecule has 1 aliphatic rings. The molecule has 1 aromatic heterocycles. The van der Waals surface area contributed by atoms with Crippen LogP contribution in [0, 0.1) is 6.92 Å². The van der Waals surface area contributed by atoms with Crippen molar-refractivity contribution in [3.05, 3.63) is 51.4 Å². The Labute approximate surface area is 157 Å². The number of nitrogens with one attached hydrogen (secondary N) is 2. The number of anilines is 2. The van der Waals surface area contributed by atoms with Gasteiger partial charge in [0.25, 0.3) is 5.56 Å². The van der Waals surface area contributed by atoms with Gasteiger partial charge in [0.15, 0.2) is 0 Å². The molecule has 1 aliphatic heterocycles. The number of aryl methyl sites for hydroxylation is 1. The second-order valence-electron chi connectivity index (χ2n) is 6.87. The van der Waals surface area contributed by atoms with Gasteiger partial charge >= 0.3 is 0 Å². The van der Waals surface area contributed by atoms with Crippen LogP contribution in [0.1, 0.15) is 23.2 Å². The lowest BCUT2D eigenvalue weighted by Crippen LogP contribution is -2.40. The summed E-state index contributed by atoms with van der Waals surface area (Å²) in [6, 6.07) is 7.41. The third-order valence-corrected chi connectivity index (χ3v) is 4.45. The number of carbonyl (C=O) groups is 2. The van der Waals surface area contributed by atoms with E-state index in [4.69, 9.17) is 0 Å². The van der Waals surface area contributed by atoms with Crippen LogP contribution in [0.4, 0.5) is 11.6 Å². The summed E-state index contributed by atoms with van der Waals surface area (Å²) in [6.07, 6.45) is 0.184. The molecule has 2 aromatic rings. The molecule has 0 bridgehead atoms. The van der Waals surface area contributed by atoms with Crippen LogP contribution in [-0.2, 0) is 22.6 Å². The Morgan fingerprint density at radius 1 is 1.33 bits per heavy atom. The highest BCUT2D eigenvalue weighted by Crippen LogP contribution is 2.17. The van der Waals surface area contributed by atoms with Crippen molar-refractivity contribution in [1.82, 2.24) is 14.9 Å². The molecular formula is C19H23N5O3. The van der Waals surface area contributed by atoms with E-state index in [-0.39, 0.29) is 30.3 Å². The molecule has 2 amide bonds. The number of rotatable bonds is 4. The average molecular weight is 369 g/mol. The van der Waals surface area contributed by atoms with E-state index in [2.05, 4.69) is 15.3 Å². The van der Waals surface area contributed by atoms with Gasteiger partial charge in [-0.3, -0.25) is 19.4 Å². The number of carbonyl (C=O) groups excluding carboxylic acids is 2. The van der Waals surface area contributed by atoms with Gasteiger partial charge in [-0.15, -0.1) is 0 Å². The van der Waals surface area contributed by atoms with E-state index in [1.165, 1.54) is 0 Å². The van der Waals surface area contributed by atoms with Crippen molar-refractivity contribution in [1.29, 1.82) is 0 Å². The predicted octanol–water partition coefficient (Wildman–Crippen LogP) is 1.06. The van der Waals surface area contributed by atoms with E-state index in [1.54, 1.807) is 30.0 Å². The molecule has 0 aliphatic carbocycles. The molecule has 2 heterocycles. The first kappa shape index (κ1) is 18.6. The maximum Gasteiger partial charge on any atom is 0.255 e. The summed E-state index contributed by atoms with van der Waals surface area (Å²) in [7, 11) is 3.57. The monoisotopic (exact) mass is 369 g/mol. The Bertz CT molecular complexity index is 935. The van der Waals surface area contributed by atoms with Crippen LogP contribution in [0.25, 0.3) is 0 Å². The molecule has 3 rings (SSSR count). The average Bonchev–Trinajstić information content (AvgIpc) is 2.60. The number of H-pyrrole nitrogens is 1. The molecule has 0 fully saturated rings. The maximum absolute atomic E-state index is 12.5. The first-order valence-electron chi connectivity index (χ1n) is 8.77. The SMILES string of the molecule is Cc1cccc(NC(=O)CC(=O)N2CCc3c(nc(N(C)C)[nH]c3=O)C2)c1. The van der Waals surface area contributed by atoms with E-state index >= 15 is 0 Å². The van der Waals surface area contributed by atoms with Crippen LogP contribution in [-0.4, -0.2) is 47.3 Å². The van der Waals surface area contributed by atoms with Gasteiger partial charge in [-0.1, -0.05) is 12.1 Å². The minimum Gasteiger partial charge on any atom is -0.348 e. The van der Waals surface area contributed by atoms with Gasteiger partial charge in [-0.05, 0) is 31.0 Å². The number of hydrogen-bond donors (Lipinski definition) is 2. The van der Waals surface area contributed by atoms with Gasteiger partial charge < -0.3 is 15.1 Å². The molecule has 0 spiro atoms. The van der Waals surface area contributed by atoms with Crippen LogP contribution in [0.15, 0.2) is 29.1 Å². The summed E-state index contributed by atoms with van der Waals surface area (Å²) in [5.74, 6) is -0.186. The van der Waals surface area contributed by atoms with Crippen LogP contribution >= 0.6 is 0 Å². The second kappa shape index (κ2) is 7.61. The molecule has 8 nitrogen and oxygen atoms in total. The zero-order chi connectivity index (χ0) is 19.6. The summed E-state index contributed by atoms with van der Waals surface area (Å²) in [5.41, 5.74) is 2.71. The van der Waals surface area contributed by atoms with Crippen molar-refractivity contribution in [3.8, 4) is 0 Å². The van der Waals surface area contributed by atoms with E-state index in [0.717, 1.165) is 5.56 Å². The largest absolute Gasteiger partial charge is 0.348 e. The van der Waals surface area contributed by atoms with Crippen molar-refractivity contribution in [3.63, 3.8) is 0 Å². The van der Waals surface area contributed by atoms with Crippen molar-refractivity contribution < 1.29 is 9.59 Å². The number of benzene rings is 1. The lowest BCUT2D eigenvalue weighted by atomic mass is 10.1. The van der Waals surface area contributed by atoms with E-state index < -0.39 is 0 Å².